The molecule has 2 heterocycles. The van der Waals surface area contributed by atoms with Crippen LogP contribution in [0.2, 0.25) is 0 Å². The van der Waals surface area contributed by atoms with Gasteiger partial charge >= 0.3 is 0 Å². The minimum atomic E-state index is -1.59. The summed E-state index contributed by atoms with van der Waals surface area (Å²) in [5.74, 6) is -3.29. The molecule has 2 aromatic rings. The van der Waals surface area contributed by atoms with E-state index in [1.807, 2.05) is 0 Å². The van der Waals surface area contributed by atoms with Gasteiger partial charge in [0.25, 0.3) is 5.56 Å². The van der Waals surface area contributed by atoms with E-state index in [1.165, 1.54) is 17.0 Å². The molecule has 140 valence electrons. The van der Waals surface area contributed by atoms with Crippen LogP contribution in [0, 0.1) is 0 Å². The highest BCUT2D eigenvalue weighted by molar-refractivity contribution is 6.00. The summed E-state index contributed by atoms with van der Waals surface area (Å²) >= 11 is 0. The topological polar surface area (TPSA) is 142 Å². The van der Waals surface area contributed by atoms with Crippen LogP contribution in [0.4, 0.5) is 0 Å². The fourth-order valence-electron chi connectivity index (χ4n) is 2.91. The first-order valence-corrected chi connectivity index (χ1v) is 8.18. The standard InChI is InChI=1S/C17H16N4O6/c22-12(8-20-7-3-6-14(20)24)18-13(23)9-21-16(25)11-5-2-1-4-10(11)15(19-21)17(26)27/h1-2,4-5H,3,6-9H2,(H,26,27)(H,18,22,23)/p-1. The minimum absolute atomic E-state index is 0.0634. The van der Waals surface area contributed by atoms with Crippen LogP contribution in [0.1, 0.15) is 23.3 Å². The molecule has 0 atom stereocenters. The molecule has 0 unspecified atom stereocenters. The third-order valence-corrected chi connectivity index (χ3v) is 4.14. The Hall–Kier alpha value is -3.56. The number of nitrogens with zero attached hydrogens (tertiary/aromatic N) is 3. The lowest BCUT2D eigenvalue weighted by molar-refractivity contribution is -0.255. The number of carbonyl (C=O) groups is 4. The molecule has 10 heteroatoms. The average molecular weight is 371 g/mol. The molecule has 1 aromatic carbocycles. The van der Waals surface area contributed by atoms with E-state index in [0.717, 1.165) is 0 Å². The zero-order chi connectivity index (χ0) is 19.6. The molecule has 10 nitrogen and oxygen atoms in total. The van der Waals surface area contributed by atoms with E-state index in [-0.39, 0.29) is 23.2 Å². The number of hydrogen-bond donors (Lipinski definition) is 1. The molecule has 0 spiro atoms. The molecule has 1 saturated heterocycles. The number of benzene rings is 1. The Morgan fingerprint density at radius 3 is 2.37 bits per heavy atom. The minimum Gasteiger partial charge on any atom is -0.543 e. The molecular weight excluding hydrogens is 356 g/mol. The van der Waals surface area contributed by atoms with Gasteiger partial charge in [-0.2, -0.15) is 5.10 Å². The first kappa shape index (κ1) is 18.2. The summed E-state index contributed by atoms with van der Waals surface area (Å²) in [5.41, 5.74) is -1.15. The molecule has 0 radical (unpaired) electrons. The number of carbonyl (C=O) groups excluding carboxylic acids is 4. The molecule has 27 heavy (non-hydrogen) atoms. The van der Waals surface area contributed by atoms with Gasteiger partial charge in [0.2, 0.25) is 17.7 Å². The molecule has 1 aliphatic heterocycles. The number of imide groups is 1. The van der Waals surface area contributed by atoms with Gasteiger partial charge in [-0.1, -0.05) is 18.2 Å². The van der Waals surface area contributed by atoms with E-state index >= 15 is 0 Å². The second-order valence-electron chi connectivity index (χ2n) is 6.03. The number of likely N-dealkylation sites (tertiary alicyclic amines) is 1. The Kier molecular flexibility index (Phi) is 4.97. The van der Waals surface area contributed by atoms with Crippen LogP contribution in [0.3, 0.4) is 0 Å². The highest BCUT2D eigenvalue weighted by Gasteiger charge is 2.23. The molecule has 3 amide bonds. The summed E-state index contributed by atoms with van der Waals surface area (Å²) in [5, 5.41) is 17.2. The van der Waals surface area contributed by atoms with E-state index in [2.05, 4.69) is 10.4 Å². The Morgan fingerprint density at radius 1 is 1.07 bits per heavy atom. The molecule has 1 N–H and O–H groups in total. The van der Waals surface area contributed by atoms with Gasteiger partial charge in [0.15, 0.2) is 0 Å². The van der Waals surface area contributed by atoms with Gasteiger partial charge in [0.05, 0.1) is 17.9 Å². The number of carboxylic acid groups (broad SMARTS) is 1. The maximum Gasteiger partial charge on any atom is 0.275 e. The van der Waals surface area contributed by atoms with Crippen LogP contribution in [-0.2, 0) is 20.9 Å². The molecular formula is C17H15N4O6-. The van der Waals surface area contributed by atoms with Crippen molar-refractivity contribution in [2.24, 2.45) is 0 Å². The summed E-state index contributed by atoms with van der Waals surface area (Å²) < 4.78 is 0.664. The largest absolute Gasteiger partial charge is 0.543 e. The summed E-state index contributed by atoms with van der Waals surface area (Å²) in [6.45, 7) is -0.459. The summed E-state index contributed by atoms with van der Waals surface area (Å²) in [7, 11) is 0. The zero-order valence-corrected chi connectivity index (χ0v) is 14.1. The van der Waals surface area contributed by atoms with E-state index in [9.17, 15) is 29.1 Å². The number of aromatic nitrogens is 2. The quantitative estimate of drug-likeness (QED) is 0.642. The predicted octanol–water partition coefficient (Wildman–Crippen LogP) is -1.97. The van der Waals surface area contributed by atoms with Crippen molar-refractivity contribution in [1.82, 2.24) is 20.0 Å². The summed E-state index contributed by atoms with van der Waals surface area (Å²) in [4.78, 5) is 60.5. The number of fused-ring (bicyclic) bond motifs is 1. The fourth-order valence-corrected chi connectivity index (χ4v) is 2.91. The number of carboxylic acids is 1. The van der Waals surface area contributed by atoms with E-state index in [4.69, 9.17) is 0 Å². The lowest BCUT2D eigenvalue weighted by Gasteiger charge is -2.15. The van der Waals surface area contributed by atoms with Crippen molar-refractivity contribution in [2.45, 2.75) is 19.4 Å². The SMILES string of the molecule is O=C(CN1CCCC1=O)NC(=O)Cn1nc(C(=O)[O-])c2ccccc2c1=O. The van der Waals surface area contributed by atoms with E-state index < -0.39 is 35.6 Å². The molecule has 1 fully saturated rings. The van der Waals surface area contributed by atoms with Gasteiger partial charge in [-0.05, 0) is 12.5 Å². The Balaban J connectivity index is 1.77. The van der Waals surface area contributed by atoms with Crippen molar-refractivity contribution in [3.63, 3.8) is 0 Å². The highest BCUT2D eigenvalue weighted by Crippen LogP contribution is 2.12. The maximum absolute atomic E-state index is 12.4. The maximum atomic E-state index is 12.4. The van der Waals surface area contributed by atoms with Gasteiger partial charge in [-0.3, -0.25) is 24.5 Å². The van der Waals surface area contributed by atoms with E-state index in [1.54, 1.807) is 12.1 Å². The van der Waals surface area contributed by atoms with Crippen molar-refractivity contribution < 1.29 is 24.3 Å². The van der Waals surface area contributed by atoms with Crippen molar-refractivity contribution >= 4 is 34.5 Å². The first-order valence-electron chi connectivity index (χ1n) is 8.18. The molecule has 0 bridgehead atoms. The van der Waals surface area contributed by atoms with Gasteiger partial charge in [-0.15, -0.1) is 0 Å². The average Bonchev–Trinajstić information content (AvgIpc) is 3.01. The number of aromatic carboxylic acids is 1. The van der Waals surface area contributed by atoms with Crippen molar-refractivity contribution in [1.29, 1.82) is 0 Å². The molecule has 0 aliphatic carbocycles. The van der Waals surface area contributed by atoms with Crippen LogP contribution in [0.25, 0.3) is 10.8 Å². The molecule has 1 aliphatic rings. The zero-order valence-electron chi connectivity index (χ0n) is 14.1. The Morgan fingerprint density at radius 2 is 1.74 bits per heavy atom. The first-order chi connectivity index (χ1) is 12.9. The molecule has 1 aromatic heterocycles. The van der Waals surface area contributed by atoms with Crippen LogP contribution in [-0.4, -0.2) is 51.5 Å². The summed E-state index contributed by atoms with van der Waals surface area (Å²) in [6, 6.07) is 5.91. The highest BCUT2D eigenvalue weighted by atomic mass is 16.4. The fraction of sp³-hybridized carbons (Fsp3) is 0.294. The summed E-state index contributed by atoms with van der Waals surface area (Å²) in [6.07, 6.45) is 1.02. The predicted molar refractivity (Wildman–Crippen MR) is 89.3 cm³/mol. The van der Waals surface area contributed by atoms with Crippen LogP contribution < -0.4 is 16.0 Å². The van der Waals surface area contributed by atoms with Gasteiger partial charge in [0.1, 0.15) is 12.2 Å². The smallest absolute Gasteiger partial charge is 0.275 e. The Bertz CT molecular complexity index is 1010. The van der Waals surface area contributed by atoms with Crippen molar-refractivity contribution in [3.05, 3.63) is 40.3 Å². The van der Waals surface area contributed by atoms with Crippen LogP contribution >= 0.6 is 0 Å². The van der Waals surface area contributed by atoms with Gasteiger partial charge in [0, 0.05) is 18.4 Å². The molecule has 3 rings (SSSR count). The third kappa shape index (κ3) is 3.84. The van der Waals surface area contributed by atoms with E-state index in [0.29, 0.717) is 24.1 Å². The van der Waals surface area contributed by atoms with Crippen molar-refractivity contribution in [2.75, 3.05) is 13.1 Å². The number of nitrogens with one attached hydrogen (secondary N) is 1. The third-order valence-electron chi connectivity index (χ3n) is 4.14. The van der Waals surface area contributed by atoms with Crippen LogP contribution in [0.5, 0.6) is 0 Å². The monoisotopic (exact) mass is 371 g/mol. The number of amides is 3. The number of rotatable bonds is 5. The van der Waals surface area contributed by atoms with Crippen molar-refractivity contribution in [3.8, 4) is 0 Å². The normalized spacial score (nSPS) is 13.8. The van der Waals surface area contributed by atoms with Gasteiger partial charge < -0.3 is 14.8 Å². The number of hydrogen-bond acceptors (Lipinski definition) is 7. The lowest BCUT2D eigenvalue weighted by atomic mass is 10.1. The lowest BCUT2D eigenvalue weighted by Crippen LogP contribution is -2.43. The molecule has 0 saturated carbocycles. The second kappa shape index (κ2) is 7.36. The van der Waals surface area contributed by atoms with Gasteiger partial charge in [-0.25, -0.2) is 4.68 Å². The second-order valence-corrected chi connectivity index (χ2v) is 6.03. The van der Waals surface area contributed by atoms with Crippen LogP contribution in [0.15, 0.2) is 29.1 Å². The Labute approximate surface area is 152 Å².